The molecule has 0 aromatic heterocycles. The van der Waals surface area contributed by atoms with Crippen LogP contribution < -0.4 is 5.30 Å². The van der Waals surface area contributed by atoms with Crippen molar-refractivity contribution < 1.29 is 18.7 Å². The maximum absolute atomic E-state index is 15.6. The van der Waals surface area contributed by atoms with E-state index in [1.54, 1.807) is 12.1 Å². The quantitative estimate of drug-likeness (QED) is 0.0987. The van der Waals surface area contributed by atoms with Gasteiger partial charge in [0.25, 0.3) is 0 Å². The van der Waals surface area contributed by atoms with E-state index in [1.165, 1.54) is 0 Å². The maximum atomic E-state index is 15.6. The van der Waals surface area contributed by atoms with Gasteiger partial charge in [-0.15, -0.1) is 0 Å². The third-order valence-electron chi connectivity index (χ3n) is 9.97. The van der Waals surface area contributed by atoms with E-state index in [0.29, 0.717) is 44.2 Å². The molecule has 4 nitrogen and oxygen atoms in total. The third-order valence-corrected chi connectivity index (χ3v) is 13.7. The monoisotopic (exact) mass is 720 g/mol. The smallest absolute Gasteiger partial charge is 0.226 e. The second-order valence-electron chi connectivity index (χ2n) is 13.8. The Bertz CT molecular complexity index is 2330. The topological polar surface area (TPSA) is 68.3 Å². The van der Waals surface area contributed by atoms with Gasteiger partial charge in [-0.1, -0.05) is 145 Å². The van der Waals surface area contributed by atoms with Crippen molar-refractivity contribution in [3.05, 3.63) is 195 Å². The molecule has 6 heteroatoms. The molecule has 0 bridgehead atoms. The van der Waals surface area contributed by atoms with Gasteiger partial charge in [0.05, 0.1) is 0 Å². The van der Waals surface area contributed by atoms with Crippen molar-refractivity contribution in [1.82, 2.24) is 0 Å². The van der Waals surface area contributed by atoms with Crippen LogP contribution in [0.25, 0.3) is 11.1 Å². The van der Waals surface area contributed by atoms with E-state index in [-0.39, 0.29) is 17.5 Å². The van der Waals surface area contributed by atoms with E-state index in [2.05, 4.69) is 0 Å². The highest BCUT2D eigenvalue weighted by molar-refractivity contribution is 7.86. The van der Waals surface area contributed by atoms with Crippen molar-refractivity contribution >= 4 is 32.2 Å². The Morgan fingerprint density at radius 2 is 1.04 bits per heavy atom. The average Bonchev–Trinajstić information content (AvgIpc) is 3.12. The molecule has 0 saturated carbocycles. The molecule has 0 aliphatic carbocycles. The molecule has 0 aliphatic heterocycles. The number of Topliss-reactive ketones (excluding diaryl/α,β-unsaturated/α-hetero) is 1. The minimum atomic E-state index is -3.80. The highest BCUT2D eigenvalue weighted by Gasteiger charge is 2.46. The van der Waals surface area contributed by atoms with E-state index >= 15 is 9.36 Å². The fourth-order valence-corrected chi connectivity index (χ4v) is 11.2. The molecule has 52 heavy (non-hydrogen) atoms. The molecule has 2 atom stereocenters. The summed E-state index contributed by atoms with van der Waals surface area (Å²) in [5.74, 6) is -0.272. The zero-order valence-electron chi connectivity index (χ0n) is 30.4. The lowest BCUT2D eigenvalue weighted by atomic mass is 9.78. The van der Waals surface area contributed by atoms with Crippen molar-refractivity contribution in [2.45, 2.75) is 52.9 Å². The van der Waals surface area contributed by atoms with Crippen LogP contribution in [0.5, 0.6) is 0 Å². The predicted octanol–water partition coefficient (Wildman–Crippen LogP) is 11.7. The Labute approximate surface area is 308 Å². The van der Waals surface area contributed by atoms with Crippen LogP contribution in [0.2, 0.25) is 0 Å². The van der Waals surface area contributed by atoms with Crippen molar-refractivity contribution in [1.29, 1.82) is 0 Å². The van der Waals surface area contributed by atoms with Crippen molar-refractivity contribution in [2.75, 3.05) is 0 Å². The summed E-state index contributed by atoms with van der Waals surface area (Å²) in [6, 6.07) is 41.3. The number of carbonyl (C=O) groups is 2. The molecule has 260 valence electrons. The van der Waals surface area contributed by atoms with Crippen LogP contribution in [-0.4, -0.2) is 11.3 Å². The first-order chi connectivity index (χ1) is 24.9. The SMILES string of the molecule is Cc1cc(C)c(C(=O)C(P=O)(c2ccccc2)c2ccccc2-c2ccccc2CP(=O)(C(=O)c2c(C)cc(C)cc2C)c2ccccc2)c(C)c1. The summed E-state index contributed by atoms with van der Waals surface area (Å²) >= 11 is 0. The molecular weight excluding hydrogens is 678 g/mol. The molecule has 0 saturated heterocycles. The minimum absolute atomic E-state index is 0.0370. The van der Waals surface area contributed by atoms with E-state index in [1.807, 2.05) is 163 Å². The number of rotatable bonds is 11. The third kappa shape index (κ3) is 6.58. The van der Waals surface area contributed by atoms with Gasteiger partial charge in [-0.3, -0.25) is 14.2 Å². The second-order valence-corrected chi connectivity index (χ2v) is 17.4. The molecule has 0 radical (unpaired) electrons. The Morgan fingerprint density at radius 3 is 1.60 bits per heavy atom. The van der Waals surface area contributed by atoms with E-state index in [4.69, 9.17) is 0 Å². The largest absolute Gasteiger partial charge is 0.310 e. The van der Waals surface area contributed by atoms with Crippen molar-refractivity contribution in [3.63, 3.8) is 0 Å². The Kier molecular flexibility index (Phi) is 10.5. The highest BCUT2D eigenvalue weighted by atomic mass is 31.2. The summed E-state index contributed by atoms with van der Waals surface area (Å²) in [5, 5.41) is -1.12. The van der Waals surface area contributed by atoms with Gasteiger partial charge in [-0.25, -0.2) is 0 Å². The maximum Gasteiger partial charge on any atom is 0.226 e. The van der Waals surface area contributed by atoms with Crippen LogP contribution in [0, 0.1) is 41.5 Å². The second kappa shape index (κ2) is 14.9. The standard InChI is InChI=1S/C46H42O4P2/c1-30-25-32(3)42(33(4)26-30)44(47)46(51-49,37-18-9-7-10-19-37)41-24-16-15-23-40(41)39-22-14-13-17-36(39)29-52(50,38-20-11-8-12-21-38)45(48)43-34(5)27-31(2)28-35(43)6/h7-28H,29H2,1-6H3. The first kappa shape index (κ1) is 36.8. The van der Waals surface area contributed by atoms with Gasteiger partial charge in [0.2, 0.25) is 5.52 Å². The summed E-state index contributed by atoms with van der Waals surface area (Å²) in [7, 11) is -4.19. The highest BCUT2D eigenvalue weighted by Crippen LogP contribution is 2.54. The first-order valence-electron chi connectivity index (χ1n) is 17.4. The molecule has 6 aromatic rings. The zero-order chi connectivity index (χ0) is 37.2. The van der Waals surface area contributed by atoms with Gasteiger partial charge in [0.1, 0.15) is 0 Å². The van der Waals surface area contributed by atoms with Gasteiger partial charge in [0.15, 0.2) is 26.5 Å². The van der Waals surface area contributed by atoms with E-state index in [0.717, 1.165) is 33.4 Å². The van der Waals surface area contributed by atoms with Crippen LogP contribution in [0.3, 0.4) is 0 Å². The molecule has 6 aromatic carbocycles. The number of ketones is 1. The lowest BCUT2D eigenvalue weighted by Gasteiger charge is -2.31. The number of hydrogen-bond acceptors (Lipinski definition) is 4. The summed E-state index contributed by atoms with van der Waals surface area (Å²) in [5.41, 5.74) is 9.16. The summed E-state index contributed by atoms with van der Waals surface area (Å²) < 4.78 is 29.5. The molecule has 0 spiro atoms. The molecular formula is C46H42O4P2. The zero-order valence-corrected chi connectivity index (χ0v) is 32.2. The fourth-order valence-electron chi connectivity index (χ4n) is 7.79. The number of benzene rings is 6. The molecule has 0 N–H and O–H groups in total. The minimum Gasteiger partial charge on any atom is -0.310 e. The number of hydrogen-bond donors (Lipinski definition) is 0. The van der Waals surface area contributed by atoms with Gasteiger partial charge in [-0.05, 0) is 91.6 Å². The summed E-state index contributed by atoms with van der Waals surface area (Å²) in [6.07, 6.45) is -0.0370. The van der Waals surface area contributed by atoms with Crippen LogP contribution in [0.4, 0.5) is 0 Å². The van der Waals surface area contributed by atoms with Crippen LogP contribution in [-0.2, 0) is 20.4 Å². The molecule has 0 amide bonds. The van der Waals surface area contributed by atoms with Crippen LogP contribution >= 0.6 is 15.6 Å². The Hall–Kier alpha value is -5.01. The van der Waals surface area contributed by atoms with Crippen molar-refractivity contribution in [2.24, 2.45) is 0 Å². The van der Waals surface area contributed by atoms with Gasteiger partial charge >= 0.3 is 0 Å². The van der Waals surface area contributed by atoms with Gasteiger partial charge < -0.3 is 4.57 Å². The van der Waals surface area contributed by atoms with Gasteiger partial charge in [0, 0.05) is 22.6 Å². The summed E-state index contributed by atoms with van der Waals surface area (Å²) in [6.45, 7) is 11.6. The molecule has 0 fully saturated rings. The van der Waals surface area contributed by atoms with E-state index < -0.39 is 20.8 Å². The Balaban J connectivity index is 1.59. The average molecular weight is 721 g/mol. The number of carbonyl (C=O) groups excluding carboxylic acids is 2. The lowest BCUT2D eigenvalue weighted by Crippen LogP contribution is -2.33. The lowest BCUT2D eigenvalue weighted by molar-refractivity contribution is 0.0955. The van der Waals surface area contributed by atoms with Crippen LogP contribution in [0.1, 0.15) is 70.8 Å². The predicted molar refractivity (Wildman–Crippen MR) is 214 cm³/mol. The fraction of sp³-hybridized carbons (Fsp3) is 0.174. The van der Waals surface area contributed by atoms with E-state index in [9.17, 15) is 9.36 Å². The normalized spacial score (nSPS) is 13.7. The van der Waals surface area contributed by atoms with Crippen LogP contribution in [0.15, 0.2) is 133 Å². The summed E-state index contributed by atoms with van der Waals surface area (Å²) in [4.78, 5) is 29.9. The number of aryl methyl sites for hydroxylation is 6. The van der Waals surface area contributed by atoms with Gasteiger partial charge in [-0.2, -0.15) is 0 Å². The molecule has 0 heterocycles. The molecule has 6 rings (SSSR count). The Morgan fingerprint density at radius 1 is 0.577 bits per heavy atom. The first-order valence-corrected chi connectivity index (χ1v) is 20.1. The molecule has 2 unspecified atom stereocenters. The van der Waals surface area contributed by atoms with Crippen molar-refractivity contribution in [3.8, 4) is 11.1 Å². The molecule has 0 aliphatic rings.